The van der Waals surface area contributed by atoms with Gasteiger partial charge in [0.05, 0.1) is 6.61 Å². The molecule has 0 atom stereocenters. The van der Waals surface area contributed by atoms with Crippen molar-refractivity contribution in [2.24, 2.45) is 28.4 Å². The Bertz CT molecular complexity index is 257. The highest BCUT2D eigenvalue weighted by Crippen LogP contribution is 2.45. The fraction of sp³-hybridized carbons (Fsp3) is 1.00. The molecule has 0 radical (unpaired) electrons. The highest BCUT2D eigenvalue weighted by atomic mass is 16.5. The molecule has 0 spiro atoms. The summed E-state index contributed by atoms with van der Waals surface area (Å²) in [7, 11) is 0. The molecule has 2 N–H and O–H groups in total. The maximum Gasteiger partial charge on any atom is 0.0534 e. The first-order valence-electron chi connectivity index (χ1n) is 7.73. The zero-order valence-corrected chi connectivity index (χ0v) is 12.5. The maximum atomic E-state index is 6.05. The Kier molecular flexibility index (Phi) is 4.38. The highest BCUT2D eigenvalue weighted by Gasteiger charge is 2.38. The zero-order chi connectivity index (χ0) is 13.2. The Morgan fingerprint density at radius 3 is 2.17 bits per heavy atom. The monoisotopic (exact) mass is 253 g/mol. The van der Waals surface area contributed by atoms with E-state index in [4.69, 9.17) is 10.5 Å². The smallest absolute Gasteiger partial charge is 0.0534 e. The van der Waals surface area contributed by atoms with E-state index in [2.05, 4.69) is 20.8 Å². The summed E-state index contributed by atoms with van der Waals surface area (Å²) in [6.07, 6.45) is 7.93. The number of rotatable bonds is 5. The van der Waals surface area contributed by atoms with E-state index in [0.29, 0.717) is 5.41 Å². The molecule has 2 heteroatoms. The van der Waals surface area contributed by atoms with Crippen LogP contribution >= 0.6 is 0 Å². The van der Waals surface area contributed by atoms with Crippen molar-refractivity contribution in [3.8, 4) is 0 Å². The van der Waals surface area contributed by atoms with Crippen LogP contribution < -0.4 is 5.73 Å². The summed E-state index contributed by atoms with van der Waals surface area (Å²) in [5.74, 6) is 1.73. The van der Waals surface area contributed by atoms with Gasteiger partial charge in [-0.1, -0.05) is 20.8 Å². The molecule has 0 amide bonds. The minimum Gasteiger partial charge on any atom is -0.381 e. The van der Waals surface area contributed by atoms with Gasteiger partial charge in [0.1, 0.15) is 0 Å². The fourth-order valence-electron chi connectivity index (χ4n) is 3.23. The van der Waals surface area contributed by atoms with Gasteiger partial charge in [0.25, 0.3) is 0 Å². The number of ether oxygens (including phenoxy) is 1. The lowest BCUT2D eigenvalue weighted by Gasteiger charge is -2.43. The van der Waals surface area contributed by atoms with Crippen molar-refractivity contribution in [1.82, 2.24) is 0 Å². The molecule has 2 nitrogen and oxygen atoms in total. The first-order chi connectivity index (χ1) is 8.45. The second kappa shape index (κ2) is 5.50. The third kappa shape index (κ3) is 3.71. The molecule has 0 aliphatic heterocycles. The molecule has 0 unspecified atom stereocenters. The van der Waals surface area contributed by atoms with Crippen molar-refractivity contribution < 1.29 is 4.74 Å². The minimum absolute atomic E-state index is 0.288. The number of nitrogens with two attached hydrogens (primary N) is 1. The largest absolute Gasteiger partial charge is 0.381 e. The van der Waals surface area contributed by atoms with E-state index in [0.717, 1.165) is 31.6 Å². The van der Waals surface area contributed by atoms with Crippen LogP contribution in [0, 0.1) is 22.7 Å². The predicted molar refractivity (Wildman–Crippen MR) is 76.4 cm³/mol. The van der Waals surface area contributed by atoms with Crippen LogP contribution in [0.1, 0.15) is 59.3 Å². The predicted octanol–water partition coefficient (Wildman–Crippen LogP) is 3.59. The normalized spacial score (nSPS) is 33.7. The summed E-state index contributed by atoms with van der Waals surface area (Å²) in [4.78, 5) is 0. The van der Waals surface area contributed by atoms with E-state index in [9.17, 15) is 0 Å². The maximum absolute atomic E-state index is 6.05. The molecule has 2 aliphatic carbocycles. The topological polar surface area (TPSA) is 35.2 Å². The van der Waals surface area contributed by atoms with Crippen molar-refractivity contribution in [3.05, 3.63) is 0 Å². The molecule has 106 valence electrons. The first kappa shape index (κ1) is 14.3. The van der Waals surface area contributed by atoms with Crippen LogP contribution in [-0.2, 0) is 4.74 Å². The van der Waals surface area contributed by atoms with E-state index < -0.39 is 0 Å². The molecule has 2 fully saturated rings. The van der Waals surface area contributed by atoms with Crippen molar-refractivity contribution >= 4 is 0 Å². The average Bonchev–Trinajstić information content (AvgIpc) is 3.12. The molecule has 18 heavy (non-hydrogen) atoms. The number of hydrogen-bond acceptors (Lipinski definition) is 2. The fourth-order valence-corrected chi connectivity index (χ4v) is 3.23. The van der Waals surface area contributed by atoms with Crippen LogP contribution in [0.25, 0.3) is 0 Å². The Hall–Kier alpha value is -0.0800. The molecule has 2 rings (SSSR count). The van der Waals surface area contributed by atoms with Gasteiger partial charge < -0.3 is 10.5 Å². The lowest BCUT2D eigenvalue weighted by molar-refractivity contribution is -0.00163. The Balaban J connectivity index is 1.78. The Morgan fingerprint density at radius 1 is 1.11 bits per heavy atom. The summed E-state index contributed by atoms with van der Waals surface area (Å²) in [5.41, 5.74) is 6.79. The van der Waals surface area contributed by atoms with Gasteiger partial charge in [-0.2, -0.15) is 0 Å². The van der Waals surface area contributed by atoms with Gasteiger partial charge >= 0.3 is 0 Å². The van der Waals surface area contributed by atoms with Crippen molar-refractivity contribution in [2.75, 3.05) is 19.8 Å². The molecular weight excluding hydrogens is 222 g/mol. The molecular formula is C16H31NO. The first-order valence-corrected chi connectivity index (χ1v) is 7.73. The molecule has 2 aliphatic rings. The van der Waals surface area contributed by atoms with E-state index in [1.54, 1.807) is 0 Å². The molecule has 0 saturated heterocycles. The molecule has 0 aromatic heterocycles. The van der Waals surface area contributed by atoms with E-state index in [-0.39, 0.29) is 5.41 Å². The lowest BCUT2D eigenvalue weighted by atomic mass is 9.64. The van der Waals surface area contributed by atoms with Gasteiger partial charge in [-0.05, 0) is 55.8 Å². The van der Waals surface area contributed by atoms with Crippen LogP contribution in [0.15, 0.2) is 0 Å². The van der Waals surface area contributed by atoms with Crippen LogP contribution in [0.2, 0.25) is 0 Å². The van der Waals surface area contributed by atoms with Crippen LogP contribution in [0.5, 0.6) is 0 Å². The summed E-state index contributed by atoms with van der Waals surface area (Å²) >= 11 is 0. The van der Waals surface area contributed by atoms with Crippen LogP contribution in [0.3, 0.4) is 0 Å². The van der Waals surface area contributed by atoms with E-state index >= 15 is 0 Å². The molecule has 0 aromatic rings. The Morgan fingerprint density at radius 2 is 1.72 bits per heavy atom. The quantitative estimate of drug-likeness (QED) is 0.812. The Labute approximate surface area is 113 Å². The number of hydrogen-bond donors (Lipinski definition) is 1. The summed E-state index contributed by atoms with van der Waals surface area (Å²) in [6, 6.07) is 0. The second-order valence-corrected chi connectivity index (χ2v) is 7.80. The van der Waals surface area contributed by atoms with Crippen molar-refractivity contribution in [1.29, 1.82) is 0 Å². The average molecular weight is 253 g/mol. The van der Waals surface area contributed by atoms with Crippen LogP contribution in [0.4, 0.5) is 0 Å². The van der Waals surface area contributed by atoms with Gasteiger partial charge in [-0.25, -0.2) is 0 Å². The summed E-state index contributed by atoms with van der Waals surface area (Å²) < 4.78 is 5.93. The molecule has 2 saturated carbocycles. The summed E-state index contributed by atoms with van der Waals surface area (Å²) in [5, 5.41) is 0. The minimum atomic E-state index is 0.288. The third-order valence-corrected chi connectivity index (χ3v) is 5.16. The second-order valence-electron chi connectivity index (χ2n) is 7.80. The highest BCUT2D eigenvalue weighted by molar-refractivity contribution is 4.90. The van der Waals surface area contributed by atoms with Crippen molar-refractivity contribution in [3.63, 3.8) is 0 Å². The van der Waals surface area contributed by atoms with E-state index in [1.807, 2.05) is 0 Å². The van der Waals surface area contributed by atoms with Gasteiger partial charge in [-0.3, -0.25) is 0 Å². The standard InChI is InChI=1S/C16H31NO/c1-15(2,3)14-6-8-16(11-17,9-7-14)12-18-10-13-4-5-13/h13-14H,4-12,17H2,1-3H3. The van der Waals surface area contributed by atoms with Gasteiger partial charge in [0, 0.05) is 18.6 Å². The third-order valence-electron chi connectivity index (χ3n) is 5.16. The molecule has 0 heterocycles. The molecule has 0 bridgehead atoms. The van der Waals surface area contributed by atoms with Crippen LogP contribution in [-0.4, -0.2) is 19.8 Å². The zero-order valence-electron chi connectivity index (χ0n) is 12.5. The van der Waals surface area contributed by atoms with E-state index in [1.165, 1.54) is 38.5 Å². The molecule has 0 aromatic carbocycles. The SMILES string of the molecule is CC(C)(C)C1CCC(CN)(COCC2CC2)CC1. The van der Waals surface area contributed by atoms with Gasteiger partial charge in [0.15, 0.2) is 0 Å². The lowest BCUT2D eigenvalue weighted by Crippen LogP contribution is -2.41. The van der Waals surface area contributed by atoms with Gasteiger partial charge in [0.2, 0.25) is 0 Å². The summed E-state index contributed by atoms with van der Waals surface area (Å²) in [6.45, 7) is 9.79. The van der Waals surface area contributed by atoms with Gasteiger partial charge in [-0.15, -0.1) is 0 Å². The van der Waals surface area contributed by atoms with Crippen molar-refractivity contribution in [2.45, 2.75) is 59.3 Å².